The lowest BCUT2D eigenvalue weighted by molar-refractivity contribution is 1.19. The van der Waals surface area contributed by atoms with Crippen LogP contribution in [0.3, 0.4) is 0 Å². The number of nitrogens with one attached hydrogen (secondary N) is 1. The molecular weight excluding hydrogens is 256 g/mol. The van der Waals surface area contributed by atoms with E-state index in [1.165, 1.54) is 10.9 Å². The van der Waals surface area contributed by atoms with Crippen molar-refractivity contribution in [2.75, 3.05) is 5.73 Å². The number of hydrogen-bond donors (Lipinski definition) is 2. The second-order valence-corrected chi connectivity index (χ2v) is 5.47. The molecule has 4 aromatic rings. The Morgan fingerprint density at radius 3 is 3.05 bits per heavy atom. The van der Waals surface area contributed by atoms with Gasteiger partial charge in [0.05, 0.1) is 11.9 Å². The molecule has 0 bridgehead atoms. The third kappa shape index (κ3) is 1.36. The summed E-state index contributed by atoms with van der Waals surface area (Å²) < 4.78 is 2.01. The molecule has 3 aromatic heterocycles. The van der Waals surface area contributed by atoms with Crippen molar-refractivity contribution < 1.29 is 0 Å². The van der Waals surface area contributed by atoms with Crippen molar-refractivity contribution in [2.24, 2.45) is 0 Å². The minimum absolute atomic E-state index is 0.538. The van der Waals surface area contributed by atoms with Crippen LogP contribution in [0.2, 0.25) is 0 Å². The summed E-state index contributed by atoms with van der Waals surface area (Å²) in [5.74, 6) is 0.538. The van der Waals surface area contributed by atoms with Crippen molar-refractivity contribution in [3.05, 3.63) is 41.5 Å². The van der Waals surface area contributed by atoms with Gasteiger partial charge in [-0.05, 0) is 13.0 Å². The molecule has 1 aromatic carbocycles. The highest BCUT2D eigenvalue weighted by atomic mass is 32.1. The Morgan fingerprint density at radius 2 is 2.16 bits per heavy atom. The van der Waals surface area contributed by atoms with Crippen LogP contribution in [0.4, 0.5) is 5.95 Å². The van der Waals surface area contributed by atoms with Crippen molar-refractivity contribution in [3.8, 4) is 11.3 Å². The summed E-state index contributed by atoms with van der Waals surface area (Å²) in [5, 5.41) is 3.35. The molecule has 0 fully saturated rings. The number of anilines is 1. The van der Waals surface area contributed by atoms with Gasteiger partial charge in [0.1, 0.15) is 4.83 Å². The first-order chi connectivity index (χ1) is 9.25. The fourth-order valence-electron chi connectivity index (χ4n) is 2.62. The number of imidazole rings is 1. The molecule has 0 saturated heterocycles. The van der Waals surface area contributed by atoms with Gasteiger partial charge >= 0.3 is 0 Å². The molecule has 4 nitrogen and oxygen atoms in total. The Bertz CT molecular complexity index is 897. The highest BCUT2D eigenvalue weighted by Crippen LogP contribution is 2.35. The minimum atomic E-state index is 0.538. The average molecular weight is 268 g/mol. The smallest absolute Gasteiger partial charge is 0.206 e. The van der Waals surface area contributed by atoms with Crippen molar-refractivity contribution in [2.45, 2.75) is 6.92 Å². The number of para-hydroxylation sites is 1. The quantitative estimate of drug-likeness (QED) is 0.555. The molecular formula is C14H12N4S. The SMILES string of the molecule is Cc1[nH]c2ccccc2c1-c1csc2cnc(N)n12. The lowest BCUT2D eigenvalue weighted by Gasteiger charge is -2.01. The number of aromatic nitrogens is 3. The number of nitrogens with two attached hydrogens (primary N) is 1. The molecule has 19 heavy (non-hydrogen) atoms. The summed E-state index contributed by atoms with van der Waals surface area (Å²) in [5.41, 5.74) is 10.6. The van der Waals surface area contributed by atoms with E-state index in [-0.39, 0.29) is 0 Å². The van der Waals surface area contributed by atoms with Gasteiger partial charge in [-0.2, -0.15) is 0 Å². The van der Waals surface area contributed by atoms with Crippen LogP contribution in [0.15, 0.2) is 35.8 Å². The Balaban J connectivity index is 2.14. The standard InChI is InChI=1S/C14H12N4S/c1-8-13(9-4-2-3-5-10(9)17-8)11-7-19-12-6-16-14(15)18(11)12/h2-7,17H,1H3,(H2,15,16). The first-order valence-electron chi connectivity index (χ1n) is 6.04. The number of benzene rings is 1. The summed E-state index contributed by atoms with van der Waals surface area (Å²) in [6.07, 6.45) is 1.81. The third-order valence-electron chi connectivity index (χ3n) is 3.44. The lowest BCUT2D eigenvalue weighted by atomic mass is 10.1. The van der Waals surface area contributed by atoms with Crippen molar-refractivity contribution in [3.63, 3.8) is 0 Å². The molecule has 0 radical (unpaired) electrons. The Morgan fingerprint density at radius 1 is 1.32 bits per heavy atom. The first kappa shape index (κ1) is 10.6. The molecule has 94 valence electrons. The fraction of sp³-hybridized carbons (Fsp3) is 0.0714. The maximum absolute atomic E-state index is 5.97. The number of fused-ring (bicyclic) bond motifs is 2. The van der Waals surface area contributed by atoms with Crippen LogP contribution >= 0.6 is 11.3 Å². The molecule has 0 aliphatic carbocycles. The molecule has 0 aliphatic rings. The molecule has 5 heteroatoms. The van der Waals surface area contributed by atoms with E-state index in [1.807, 2.05) is 16.7 Å². The number of aryl methyl sites for hydroxylation is 1. The van der Waals surface area contributed by atoms with Gasteiger partial charge in [-0.25, -0.2) is 4.98 Å². The zero-order chi connectivity index (χ0) is 13.0. The summed E-state index contributed by atoms with van der Waals surface area (Å²) >= 11 is 1.66. The average Bonchev–Trinajstić information content (AvgIpc) is 3.04. The summed E-state index contributed by atoms with van der Waals surface area (Å²) in [7, 11) is 0. The normalized spacial score (nSPS) is 11.6. The van der Waals surface area contributed by atoms with Crippen LogP contribution in [-0.4, -0.2) is 14.4 Å². The first-order valence-corrected chi connectivity index (χ1v) is 6.92. The maximum Gasteiger partial charge on any atom is 0.206 e. The molecule has 0 saturated carbocycles. The Hall–Kier alpha value is -2.27. The van der Waals surface area contributed by atoms with E-state index < -0.39 is 0 Å². The molecule has 3 N–H and O–H groups in total. The topological polar surface area (TPSA) is 59.1 Å². The van der Waals surface area contributed by atoms with E-state index in [4.69, 9.17) is 5.73 Å². The van der Waals surface area contributed by atoms with Crippen molar-refractivity contribution in [1.82, 2.24) is 14.4 Å². The lowest BCUT2D eigenvalue weighted by Crippen LogP contribution is -1.95. The van der Waals surface area contributed by atoms with Crippen molar-refractivity contribution in [1.29, 1.82) is 0 Å². The number of hydrogen-bond acceptors (Lipinski definition) is 3. The van der Waals surface area contributed by atoms with E-state index in [9.17, 15) is 0 Å². The number of rotatable bonds is 1. The van der Waals surface area contributed by atoms with Gasteiger partial charge in [-0.15, -0.1) is 11.3 Å². The molecule has 0 amide bonds. The Kier molecular flexibility index (Phi) is 2.02. The maximum atomic E-state index is 5.97. The van der Waals surface area contributed by atoms with Gasteiger partial charge < -0.3 is 10.7 Å². The number of aromatic amines is 1. The van der Waals surface area contributed by atoms with Gasteiger partial charge in [-0.1, -0.05) is 18.2 Å². The van der Waals surface area contributed by atoms with Crippen LogP contribution in [0.5, 0.6) is 0 Å². The monoisotopic (exact) mass is 268 g/mol. The van der Waals surface area contributed by atoms with Gasteiger partial charge in [0.25, 0.3) is 0 Å². The number of nitrogens with zero attached hydrogens (tertiary/aromatic N) is 2. The van der Waals surface area contributed by atoms with Gasteiger partial charge in [0.2, 0.25) is 5.95 Å². The van der Waals surface area contributed by atoms with Crippen LogP contribution < -0.4 is 5.73 Å². The van der Waals surface area contributed by atoms with Gasteiger partial charge in [0.15, 0.2) is 0 Å². The summed E-state index contributed by atoms with van der Waals surface area (Å²) in [4.78, 5) is 8.67. The predicted octanol–water partition coefficient (Wildman–Crippen LogP) is 3.43. The number of thiazole rings is 1. The van der Waals surface area contributed by atoms with Crippen LogP contribution in [-0.2, 0) is 0 Å². The van der Waals surface area contributed by atoms with Gasteiger partial charge in [-0.3, -0.25) is 4.40 Å². The molecule has 3 heterocycles. The number of H-pyrrole nitrogens is 1. The zero-order valence-electron chi connectivity index (χ0n) is 10.3. The molecule has 0 aliphatic heterocycles. The zero-order valence-corrected chi connectivity index (χ0v) is 11.2. The van der Waals surface area contributed by atoms with E-state index >= 15 is 0 Å². The highest BCUT2D eigenvalue weighted by Gasteiger charge is 2.16. The molecule has 0 unspecified atom stereocenters. The third-order valence-corrected chi connectivity index (χ3v) is 4.31. The van der Waals surface area contributed by atoms with E-state index in [1.54, 1.807) is 11.3 Å². The highest BCUT2D eigenvalue weighted by molar-refractivity contribution is 7.16. The van der Waals surface area contributed by atoms with Crippen LogP contribution in [0, 0.1) is 6.92 Å². The van der Waals surface area contributed by atoms with E-state index in [0.717, 1.165) is 21.7 Å². The molecule has 0 spiro atoms. The second kappa shape index (κ2) is 3.61. The number of nitrogen functional groups attached to an aromatic ring is 1. The van der Waals surface area contributed by atoms with Crippen molar-refractivity contribution >= 4 is 33.0 Å². The predicted molar refractivity (Wildman–Crippen MR) is 79.5 cm³/mol. The molecule has 4 rings (SSSR count). The second-order valence-electron chi connectivity index (χ2n) is 4.58. The summed E-state index contributed by atoms with van der Waals surface area (Å²) in [6.45, 7) is 2.09. The van der Waals surface area contributed by atoms with Crippen LogP contribution in [0.25, 0.3) is 27.0 Å². The minimum Gasteiger partial charge on any atom is -0.369 e. The van der Waals surface area contributed by atoms with E-state index in [2.05, 4.69) is 40.5 Å². The molecule has 0 atom stereocenters. The van der Waals surface area contributed by atoms with Gasteiger partial charge in [0, 0.05) is 27.5 Å². The van der Waals surface area contributed by atoms with Crippen LogP contribution in [0.1, 0.15) is 5.69 Å². The fourth-order valence-corrected chi connectivity index (χ4v) is 3.49. The Labute approximate surface area is 113 Å². The largest absolute Gasteiger partial charge is 0.369 e. The van der Waals surface area contributed by atoms with E-state index in [0.29, 0.717) is 5.95 Å². The summed E-state index contributed by atoms with van der Waals surface area (Å²) in [6, 6.07) is 8.31.